The average molecular weight is 352 g/mol. The second kappa shape index (κ2) is 7.68. The Morgan fingerprint density at radius 2 is 2.04 bits per heavy atom. The Kier molecular flexibility index (Phi) is 5.16. The zero-order chi connectivity index (χ0) is 16.8. The minimum Gasteiger partial charge on any atom is -0.487 e. The number of carbonyl (C=O) groups excluding carboxylic acids is 1. The highest BCUT2D eigenvalue weighted by molar-refractivity contribution is 7.08. The Bertz CT molecular complexity index is 874. The fourth-order valence-electron chi connectivity index (χ4n) is 1.99. The van der Waals surface area contributed by atoms with Crippen LogP contribution in [0.3, 0.4) is 0 Å². The Balaban J connectivity index is 1.70. The molecular formula is C18H12N2O2S2. The van der Waals surface area contributed by atoms with E-state index in [1.807, 2.05) is 41.1 Å². The van der Waals surface area contributed by atoms with Crippen LogP contribution < -0.4 is 4.74 Å². The number of hydrogen-bond acceptors (Lipinski definition) is 6. The van der Waals surface area contributed by atoms with Gasteiger partial charge in [0.25, 0.3) is 0 Å². The number of aromatic nitrogens is 1. The minimum absolute atomic E-state index is 0.115. The Morgan fingerprint density at radius 1 is 1.21 bits per heavy atom. The summed E-state index contributed by atoms with van der Waals surface area (Å²) < 4.78 is 5.64. The molecule has 6 heteroatoms. The van der Waals surface area contributed by atoms with E-state index in [4.69, 9.17) is 4.74 Å². The molecule has 118 valence electrons. The maximum atomic E-state index is 12.2. The van der Waals surface area contributed by atoms with Crippen LogP contribution in [0.5, 0.6) is 5.75 Å². The molecule has 0 N–H and O–H groups in total. The van der Waals surface area contributed by atoms with Crippen LogP contribution in [0.1, 0.15) is 21.6 Å². The van der Waals surface area contributed by atoms with Gasteiger partial charge in [-0.2, -0.15) is 16.6 Å². The lowest BCUT2D eigenvalue weighted by Crippen LogP contribution is -2.00. The van der Waals surface area contributed by atoms with E-state index in [1.165, 1.54) is 22.7 Å². The summed E-state index contributed by atoms with van der Waals surface area (Å²) in [6.45, 7) is 0.415. The predicted octanol–water partition coefficient (Wildman–Crippen LogP) is 4.57. The highest BCUT2D eigenvalue weighted by Crippen LogP contribution is 2.18. The molecule has 0 amide bonds. The van der Waals surface area contributed by atoms with Crippen molar-refractivity contribution in [2.75, 3.05) is 0 Å². The molecule has 24 heavy (non-hydrogen) atoms. The van der Waals surface area contributed by atoms with E-state index < -0.39 is 0 Å². The second-order valence-electron chi connectivity index (χ2n) is 4.85. The van der Waals surface area contributed by atoms with Crippen molar-refractivity contribution in [2.24, 2.45) is 0 Å². The zero-order valence-electron chi connectivity index (χ0n) is 12.5. The monoisotopic (exact) mass is 352 g/mol. The fourth-order valence-corrected chi connectivity index (χ4v) is 3.17. The van der Waals surface area contributed by atoms with Crippen molar-refractivity contribution in [2.45, 2.75) is 6.61 Å². The zero-order valence-corrected chi connectivity index (χ0v) is 14.1. The van der Waals surface area contributed by atoms with Gasteiger partial charge in [0, 0.05) is 16.3 Å². The molecule has 0 spiro atoms. The summed E-state index contributed by atoms with van der Waals surface area (Å²) in [5, 5.41) is 14.7. The van der Waals surface area contributed by atoms with Crippen molar-refractivity contribution in [3.05, 3.63) is 74.4 Å². The number of thiazole rings is 1. The third-order valence-electron chi connectivity index (χ3n) is 3.21. The van der Waals surface area contributed by atoms with E-state index in [9.17, 15) is 10.1 Å². The number of nitriles is 1. The largest absolute Gasteiger partial charge is 0.487 e. The van der Waals surface area contributed by atoms with E-state index in [1.54, 1.807) is 23.0 Å². The lowest BCUT2D eigenvalue weighted by atomic mass is 10.0. The van der Waals surface area contributed by atoms with Crippen LogP contribution in [0.4, 0.5) is 0 Å². The molecule has 0 bridgehead atoms. The normalized spacial score (nSPS) is 11.0. The molecule has 2 heterocycles. The Morgan fingerprint density at radius 3 is 2.67 bits per heavy atom. The molecule has 0 fully saturated rings. The number of carbonyl (C=O) groups is 1. The quantitative estimate of drug-likeness (QED) is 0.370. The summed E-state index contributed by atoms with van der Waals surface area (Å²) in [6, 6.07) is 10.9. The van der Waals surface area contributed by atoms with E-state index in [2.05, 4.69) is 4.98 Å². The first-order valence-electron chi connectivity index (χ1n) is 7.05. The van der Waals surface area contributed by atoms with Gasteiger partial charge in [0.2, 0.25) is 5.78 Å². The van der Waals surface area contributed by atoms with Gasteiger partial charge in [-0.15, -0.1) is 11.3 Å². The first kappa shape index (κ1) is 16.1. The maximum absolute atomic E-state index is 12.2. The molecule has 1 aromatic carbocycles. The number of allylic oxidation sites excluding steroid dienone is 1. The van der Waals surface area contributed by atoms with E-state index in [0.29, 0.717) is 17.9 Å². The van der Waals surface area contributed by atoms with Crippen molar-refractivity contribution >= 4 is 34.5 Å². The van der Waals surface area contributed by atoms with Crippen LogP contribution in [0.2, 0.25) is 0 Å². The first-order chi connectivity index (χ1) is 11.8. The molecule has 0 unspecified atom stereocenters. The summed E-state index contributed by atoms with van der Waals surface area (Å²) in [4.78, 5) is 16.4. The van der Waals surface area contributed by atoms with Gasteiger partial charge in [-0.1, -0.05) is 12.1 Å². The maximum Gasteiger partial charge on any atom is 0.204 e. The predicted molar refractivity (Wildman–Crippen MR) is 95.1 cm³/mol. The smallest absolute Gasteiger partial charge is 0.204 e. The van der Waals surface area contributed by atoms with Crippen molar-refractivity contribution in [3.63, 3.8) is 0 Å². The topological polar surface area (TPSA) is 63.0 Å². The van der Waals surface area contributed by atoms with E-state index in [0.717, 1.165) is 11.3 Å². The molecule has 0 saturated heterocycles. The molecule has 0 saturated carbocycles. The van der Waals surface area contributed by atoms with E-state index in [-0.39, 0.29) is 11.4 Å². The van der Waals surface area contributed by atoms with Gasteiger partial charge < -0.3 is 4.74 Å². The summed E-state index contributed by atoms with van der Waals surface area (Å²) in [5.74, 6) is 0.449. The number of Topliss-reactive ketones (excluding diaryl/α,β-unsaturated/α-hetero) is 1. The number of hydrogen-bond donors (Lipinski definition) is 0. The molecule has 0 aliphatic rings. The second-order valence-corrected chi connectivity index (χ2v) is 6.35. The van der Waals surface area contributed by atoms with E-state index >= 15 is 0 Å². The average Bonchev–Trinajstić information content (AvgIpc) is 3.31. The van der Waals surface area contributed by atoms with Crippen LogP contribution in [-0.4, -0.2) is 10.8 Å². The van der Waals surface area contributed by atoms with Gasteiger partial charge in [0.05, 0.1) is 11.2 Å². The molecule has 3 rings (SSSR count). The van der Waals surface area contributed by atoms with Crippen molar-refractivity contribution in [1.82, 2.24) is 4.98 Å². The van der Waals surface area contributed by atoms with Crippen LogP contribution in [0, 0.1) is 11.3 Å². The van der Waals surface area contributed by atoms with Crippen molar-refractivity contribution in [1.29, 1.82) is 5.26 Å². The summed E-state index contributed by atoms with van der Waals surface area (Å²) in [6.07, 6.45) is 1.59. The molecule has 4 nitrogen and oxygen atoms in total. The number of rotatable bonds is 6. The standard InChI is InChI=1S/C18H12N2O2S2/c19-8-15(18(21)14-5-6-23-10-14)7-13-1-3-17(4-2-13)22-9-16-11-24-12-20-16/h1-7,10-12H,9H2. The molecule has 0 atom stereocenters. The fraction of sp³-hybridized carbons (Fsp3) is 0.0556. The number of ketones is 1. The SMILES string of the molecule is N#CC(=Cc1ccc(OCc2cscn2)cc1)C(=O)c1ccsc1. The van der Waals surface area contributed by atoms with Crippen LogP contribution in [-0.2, 0) is 6.61 Å². The van der Waals surface area contributed by atoms with Gasteiger partial charge >= 0.3 is 0 Å². The first-order valence-corrected chi connectivity index (χ1v) is 8.93. The number of benzene rings is 1. The molecule has 0 aliphatic carbocycles. The highest BCUT2D eigenvalue weighted by atomic mass is 32.1. The highest BCUT2D eigenvalue weighted by Gasteiger charge is 2.12. The van der Waals surface area contributed by atoms with Crippen LogP contribution in [0.25, 0.3) is 6.08 Å². The summed E-state index contributed by atoms with van der Waals surface area (Å²) in [7, 11) is 0. The molecule has 3 aromatic rings. The number of nitrogens with zero attached hydrogens (tertiary/aromatic N) is 2. The molecule has 0 radical (unpaired) electrons. The van der Waals surface area contributed by atoms with Gasteiger partial charge in [0.1, 0.15) is 24.0 Å². The summed E-state index contributed by atoms with van der Waals surface area (Å²) >= 11 is 2.96. The Labute approximate surface area is 147 Å². The van der Waals surface area contributed by atoms with Gasteiger partial charge in [-0.3, -0.25) is 4.79 Å². The molecule has 0 aliphatic heterocycles. The summed E-state index contributed by atoms with van der Waals surface area (Å²) in [5.41, 5.74) is 4.08. The third-order valence-corrected chi connectivity index (χ3v) is 4.53. The molecule has 2 aromatic heterocycles. The number of ether oxygens (including phenoxy) is 1. The molecular weight excluding hydrogens is 340 g/mol. The Hall–Kier alpha value is -2.75. The number of thiophene rings is 1. The van der Waals surface area contributed by atoms with Crippen LogP contribution in [0.15, 0.2) is 57.6 Å². The van der Waals surface area contributed by atoms with Gasteiger partial charge in [0.15, 0.2) is 0 Å². The van der Waals surface area contributed by atoms with Gasteiger partial charge in [-0.25, -0.2) is 4.98 Å². The lowest BCUT2D eigenvalue weighted by Gasteiger charge is -2.04. The third kappa shape index (κ3) is 3.96. The van der Waals surface area contributed by atoms with Crippen LogP contribution >= 0.6 is 22.7 Å². The minimum atomic E-state index is -0.261. The lowest BCUT2D eigenvalue weighted by molar-refractivity contribution is 0.104. The van der Waals surface area contributed by atoms with Crippen molar-refractivity contribution in [3.8, 4) is 11.8 Å². The van der Waals surface area contributed by atoms with Crippen molar-refractivity contribution < 1.29 is 9.53 Å². The van der Waals surface area contributed by atoms with Gasteiger partial charge in [-0.05, 0) is 35.2 Å².